The molecule has 0 saturated carbocycles. The molecule has 4 aliphatic rings. The lowest BCUT2D eigenvalue weighted by Crippen LogP contribution is -2.74. The largest absolute Gasteiger partial charge is 0.504 e. The average Bonchev–Trinajstić information content (AvgIpc) is 3.37. The first-order chi connectivity index (χ1) is 16.6. The Bertz CT molecular complexity index is 1280. The highest BCUT2D eigenvalue weighted by Crippen LogP contribution is 2.68. The Morgan fingerprint density at radius 2 is 1.97 bits per heavy atom. The van der Waals surface area contributed by atoms with Gasteiger partial charge in [0.1, 0.15) is 0 Å². The predicted octanol–water partition coefficient (Wildman–Crippen LogP) is 5.13. The molecule has 7 rings (SSSR count). The maximum atomic E-state index is 12.8. The summed E-state index contributed by atoms with van der Waals surface area (Å²) < 4.78 is 6.63. The van der Waals surface area contributed by atoms with E-state index in [1.54, 1.807) is 6.07 Å². The van der Waals surface area contributed by atoms with Crippen molar-refractivity contribution in [1.29, 1.82) is 0 Å². The van der Waals surface area contributed by atoms with Gasteiger partial charge in [-0.2, -0.15) is 0 Å². The lowest BCUT2D eigenvalue weighted by atomic mass is 9.49. The highest BCUT2D eigenvalue weighted by molar-refractivity contribution is 5.86. The van der Waals surface area contributed by atoms with Crippen LogP contribution >= 0.6 is 0 Å². The third-order valence-electron chi connectivity index (χ3n) is 9.43. The summed E-state index contributed by atoms with van der Waals surface area (Å²) in [5, 5.41) is 24.8. The van der Waals surface area contributed by atoms with E-state index < -0.39 is 11.0 Å². The van der Waals surface area contributed by atoms with Gasteiger partial charge in [-0.25, -0.2) is 0 Å². The van der Waals surface area contributed by atoms with E-state index in [4.69, 9.17) is 4.74 Å². The first-order valence-electron chi connectivity index (χ1n) is 13.2. The monoisotopic (exact) mass is 458 g/mol. The number of aliphatic hydroxyl groups is 1. The van der Waals surface area contributed by atoms with Gasteiger partial charge >= 0.3 is 0 Å². The average molecular weight is 459 g/mol. The van der Waals surface area contributed by atoms with Crippen LogP contribution in [-0.2, 0) is 18.3 Å². The molecule has 2 aromatic carbocycles. The maximum absolute atomic E-state index is 12.8. The predicted molar refractivity (Wildman–Crippen MR) is 133 cm³/mol. The SMILES string of the molecule is CCCCCCCN1CC[C@]23c4c5ccc(O)c4O[C@H]2c2[nH]c4ccccc4c2C[C@@]3(O)[C@H]1C5. The Hall–Kier alpha value is -2.50. The molecule has 4 atom stereocenters. The Balaban J connectivity index is 1.37. The number of para-hydroxylation sites is 1. The minimum absolute atomic E-state index is 0.0586. The van der Waals surface area contributed by atoms with Crippen LogP contribution in [0.3, 0.4) is 0 Å². The van der Waals surface area contributed by atoms with Crippen molar-refractivity contribution in [2.45, 2.75) is 81.5 Å². The molecule has 1 spiro atoms. The van der Waals surface area contributed by atoms with E-state index in [0.717, 1.165) is 42.7 Å². The number of hydrogen-bond donors (Lipinski definition) is 3. The second-order valence-electron chi connectivity index (χ2n) is 11.0. The number of aromatic nitrogens is 1. The number of H-pyrrole nitrogens is 1. The highest BCUT2D eigenvalue weighted by atomic mass is 16.5. The quantitative estimate of drug-likeness (QED) is 0.448. The summed E-state index contributed by atoms with van der Waals surface area (Å²) in [6, 6.07) is 12.3. The van der Waals surface area contributed by atoms with E-state index in [-0.39, 0.29) is 17.9 Å². The summed E-state index contributed by atoms with van der Waals surface area (Å²) in [5.41, 5.74) is 4.22. The molecule has 0 unspecified atom stereocenters. The van der Waals surface area contributed by atoms with E-state index in [1.807, 2.05) is 0 Å². The Morgan fingerprint density at radius 3 is 2.85 bits per heavy atom. The lowest BCUT2D eigenvalue weighted by molar-refractivity contribution is -0.172. The Morgan fingerprint density at radius 1 is 1.12 bits per heavy atom. The Kier molecular flexibility index (Phi) is 4.44. The van der Waals surface area contributed by atoms with Gasteiger partial charge in [-0.3, -0.25) is 4.90 Å². The van der Waals surface area contributed by atoms with Gasteiger partial charge < -0.3 is 19.9 Å². The number of rotatable bonds is 6. The summed E-state index contributed by atoms with van der Waals surface area (Å²) in [6.45, 7) is 4.26. The van der Waals surface area contributed by atoms with Crippen molar-refractivity contribution in [1.82, 2.24) is 9.88 Å². The van der Waals surface area contributed by atoms with Crippen LogP contribution in [0.5, 0.6) is 11.5 Å². The topological polar surface area (TPSA) is 68.7 Å². The third-order valence-corrected chi connectivity index (χ3v) is 9.43. The van der Waals surface area contributed by atoms with Crippen molar-refractivity contribution >= 4 is 10.9 Å². The van der Waals surface area contributed by atoms with E-state index in [2.05, 4.69) is 47.1 Å². The van der Waals surface area contributed by atoms with Crippen molar-refractivity contribution in [3.63, 3.8) is 0 Å². The number of benzene rings is 2. The van der Waals surface area contributed by atoms with Crippen LogP contribution in [0.4, 0.5) is 0 Å². The van der Waals surface area contributed by atoms with Gasteiger partial charge in [0.2, 0.25) is 0 Å². The van der Waals surface area contributed by atoms with Gasteiger partial charge in [-0.05, 0) is 55.6 Å². The molecule has 2 aliphatic carbocycles. The molecule has 2 aliphatic heterocycles. The summed E-state index contributed by atoms with van der Waals surface area (Å²) in [7, 11) is 0. The molecule has 5 heteroatoms. The number of likely N-dealkylation sites (tertiary alicyclic amines) is 1. The van der Waals surface area contributed by atoms with Crippen LogP contribution in [-0.4, -0.2) is 44.8 Å². The van der Waals surface area contributed by atoms with E-state index in [1.165, 1.54) is 48.6 Å². The fourth-order valence-electron chi connectivity index (χ4n) is 7.91. The number of nitrogens with one attached hydrogen (secondary N) is 1. The zero-order valence-electron chi connectivity index (χ0n) is 19.9. The molecule has 1 saturated heterocycles. The Labute approximate surface area is 200 Å². The van der Waals surface area contributed by atoms with Crippen LogP contribution in [0.15, 0.2) is 36.4 Å². The summed E-state index contributed by atoms with van der Waals surface area (Å²) >= 11 is 0. The molecule has 34 heavy (non-hydrogen) atoms. The normalized spacial score (nSPS) is 30.8. The fraction of sp³-hybridized carbons (Fsp3) is 0.517. The molecule has 0 radical (unpaired) electrons. The molecule has 1 fully saturated rings. The standard InChI is InChI=1S/C29H34N2O3/c1-2-3-4-5-8-14-31-15-13-28-24-18-11-12-22(32)26(24)34-27(28)25-20(17-29(28,33)23(31)16-18)19-9-6-7-10-21(19)30-25/h6-7,9-12,23,27,30,32-33H,2-5,8,13-17H2,1H3/t23-,27+,28+,29-/m1/s1. The van der Waals surface area contributed by atoms with E-state index >= 15 is 0 Å². The fourth-order valence-corrected chi connectivity index (χ4v) is 7.91. The van der Waals surface area contributed by atoms with Crippen LogP contribution in [0.2, 0.25) is 0 Å². The van der Waals surface area contributed by atoms with Crippen molar-refractivity contribution in [2.75, 3.05) is 13.1 Å². The molecule has 3 heterocycles. The number of phenolic OH excluding ortho intramolecular Hbond substituents is 1. The number of ether oxygens (including phenoxy) is 1. The van der Waals surface area contributed by atoms with E-state index in [9.17, 15) is 10.2 Å². The number of piperidine rings is 1. The van der Waals surface area contributed by atoms with Crippen LogP contribution in [0, 0.1) is 0 Å². The lowest BCUT2D eigenvalue weighted by Gasteiger charge is -2.62. The number of aromatic amines is 1. The summed E-state index contributed by atoms with van der Waals surface area (Å²) in [5.74, 6) is 0.790. The summed E-state index contributed by atoms with van der Waals surface area (Å²) in [6.07, 6.45) is 8.28. The number of phenols is 1. The van der Waals surface area contributed by atoms with E-state index in [0.29, 0.717) is 12.2 Å². The molecule has 178 valence electrons. The molecule has 0 amide bonds. The highest BCUT2D eigenvalue weighted by Gasteiger charge is 2.72. The number of nitrogens with zero attached hydrogens (tertiary/aromatic N) is 1. The number of aromatic hydroxyl groups is 1. The maximum Gasteiger partial charge on any atom is 0.166 e. The second kappa shape index (κ2) is 7.25. The minimum atomic E-state index is -0.927. The van der Waals surface area contributed by atoms with Gasteiger partial charge in [-0.15, -0.1) is 0 Å². The second-order valence-corrected chi connectivity index (χ2v) is 11.0. The third kappa shape index (κ3) is 2.47. The van der Waals surface area contributed by atoms with Crippen LogP contribution in [0.1, 0.15) is 73.9 Å². The van der Waals surface area contributed by atoms with Gasteiger partial charge in [0.05, 0.1) is 16.7 Å². The molecule has 3 aromatic rings. The first-order valence-corrected chi connectivity index (χ1v) is 13.2. The number of unbranched alkanes of at least 4 members (excludes halogenated alkanes) is 4. The molecular formula is C29H34N2O3. The zero-order valence-corrected chi connectivity index (χ0v) is 19.9. The van der Waals surface area contributed by atoms with Gasteiger partial charge in [0.15, 0.2) is 17.6 Å². The van der Waals surface area contributed by atoms with Gasteiger partial charge in [0, 0.05) is 28.9 Å². The van der Waals surface area contributed by atoms with Crippen LogP contribution in [0.25, 0.3) is 10.9 Å². The zero-order chi connectivity index (χ0) is 23.1. The molecule has 5 nitrogen and oxygen atoms in total. The van der Waals surface area contributed by atoms with Crippen molar-refractivity contribution in [3.05, 3.63) is 58.8 Å². The minimum Gasteiger partial charge on any atom is -0.504 e. The summed E-state index contributed by atoms with van der Waals surface area (Å²) in [4.78, 5) is 6.23. The molecular weight excluding hydrogens is 424 g/mol. The number of hydrogen-bond acceptors (Lipinski definition) is 4. The number of fused-ring (bicyclic) bond motifs is 4. The first kappa shape index (κ1) is 20.8. The molecule has 3 N–H and O–H groups in total. The van der Waals surface area contributed by atoms with Crippen molar-refractivity contribution < 1.29 is 14.9 Å². The van der Waals surface area contributed by atoms with Crippen LogP contribution < -0.4 is 4.74 Å². The molecule has 1 aromatic heterocycles. The van der Waals surface area contributed by atoms with Gasteiger partial charge in [-0.1, -0.05) is 56.9 Å². The van der Waals surface area contributed by atoms with Crippen molar-refractivity contribution in [3.8, 4) is 11.5 Å². The molecule has 2 bridgehead atoms. The smallest absolute Gasteiger partial charge is 0.166 e. The van der Waals surface area contributed by atoms with Crippen molar-refractivity contribution in [2.24, 2.45) is 0 Å². The van der Waals surface area contributed by atoms with Gasteiger partial charge in [0.25, 0.3) is 0 Å².